The lowest BCUT2D eigenvalue weighted by Gasteiger charge is -2.07. The number of carbonyl (C=O) groups excluding carboxylic acids is 1. The number of halogens is 1. The molecule has 2 aromatic heterocycles. The lowest BCUT2D eigenvalue weighted by molar-refractivity contribution is -0.113. The average Bonchev–Trinajstić information content (AvgIpc) is 2.54. The number of thioether (sulfide) groups is 1. The highest BCUT2D eigenvalue weighted by Gasteiger charge is 2.09. The van der Waals surface area contributed by atoms with Crippen molar-refractivity contribution in [1.82, 2.24) is 15.0 Å². The van der Waals surface area contributed by atoms with Crippen molar-refractivity contribution in [2.45, 2.75) is 11.9 Å². The summed E-state index contributed by atoms with van der Waals surface area (Å²) in [6.07, 6.45) is 1.64. The minimum Gasteiger partial charge on any atom is -0.310 e. The molecular weight excluding hydrogens is 376 g/mol. The second-order valence-corrected chi connectivity index (χ2v) is 6.67. The average molecular weight is 389 g/mol. The van der Waals surface area contributed by atoms with Crippen LogP contribution in [-0.2, 0) is 4.79 Å². The minimum atomic E-state index is -0.120. The summed E-state index contributed by atoms with van der Waals surface area (Å²) in [5.74, 6) is 1.37. The zero-order chi connectivity index (χ0) is 16.2. The van der Waals surface area contributed by atoms with Crippen molar-refractivity contribution in [3.63, 3.8) is 0 Å². The number of nitrogens with zero attached hydrogens (tertiary/aromatic N) is 3. The number of amides is 1. The molecule has 7 heteroatoms. The Balaban J connectivity index is 1.70. The van der Waals surface area contributed by atoms with E-state index in [9.17, 15) is 4.79 Å². The van der Waals surface area contributed by atoms with Gasteiger partial charge in [0, 0.05) is 16.1 Å². The number of pyridine rings is 1. The first-order valence-corrected chi connectivity index (χ1v) is 8.67. The number of nitrogens with one attached hydrogen (secondary N) is 1. The Bertz CT molecular complexity index is 854. The van der Waals surface area contributed by atoms with E-state index in [-0.39, 0.29) is 11.7 Å². The summed E-state index contributed by atoms with van der Waals surface area (Å²) in [5.41, 5.74) is 0.887. The largest absolute Gasteiger partial charge is 0.310 e. The van der Waals surface area contributed by atoms with Gasteiger partial charge in [-0.1, -0.05) is 30.0 Å². The van der Waals surface area contributed by atoms with Crippen molar-refractivity contribution < 1.29 is 4.79 Å². The Kier molecular flexibility index (Phi) is 4.88. The molecule has 0 aliphatic rings. The van der Waals surface area contributed by atoms with Crippen molar-refractivity contribution in [1.29, 1.82) is 0 Å². The van der Waals surface area contributed by atoms with Gasteiger partial charge in [0.1, 0.15) is 16.7 Å². The Morgan fingerprint density at radius 3 is 2.83 bits per heavy atom. The third kappa shape index (κ3) is 4.05. The van der Waals surface area contributed by atoms with Crippen LogP contribution in [0, 0.1) is 6.92 Å². The van der Waals surface area contributed by atoms with Gasteiger partial charge in [-0.2, -0.15) is 0 Å². The van der Waals surface area contributed by atoms with Crippen LogP contribution in [0.1, 0.15) is 5.82 Å². The number of aromatic nitrogens is 3. The van der Waals surface area contributed by atoms with E-state index >= 15 is 0 Å². The van der Waals surface area contributed by atoms with Crippen LogP contribution in [0.3, 0.4) is 0 Å². The summed E-state index contributed by atoms with van der Waals surface area (Å²) in [5, 5.41) is 4.54. The molecule has 3 aromatic rings. The zero-order valence-corrected chi connectivity index (χ0v) is 14.7. The van der Waals surface area contributed by atoms with E-state index in [1.54, 1.807) is 12.3 Å². The fraction of sp³-hybridized carbons (Fsp3) is 0.125. The molecule has 0 atom stereocenters. The van der Waals surface area contributed by atoms with Crippen LogP contribution in [0.15, 0.2) is 52.1 Å². The lowest BCUT2D eigenvalue weighted by atomic mass is 10.2. The van der Waals surface area contributed by atoms with Crippen molar-refractivity contribution in [3.05, 3.63) is 52.9 Å². The Hall–Kier alpha value is -1.99. The topological polar surface area (TPSA) is 67.8 Å². The van der Waals surface area contributed by atoms with Crippen LogP contribution in [0.4, 0.5) is 5.82 Å². The third-order valence-corrected chi connectivity index (χ3v) is 4.48. The predicted molar refractivity (Wildman–Crippen MR) is 95.6 cm³/mol. The standard InChI is InChI=1S/C16H13BrN4OS/c1-10-19-13-5-3-2-4-12(13)16(20-10)23-9-15(22)21-14-7-6-11(17)8-18-14/h2-8H,9H2,1H3,(H,18,21,22). The van der Waals surface area contributed by atoms with Crippen LogP contribution < -0.4 is 5.32 Å². The maximum atomic E-state index is 12.1. The number of para-hydroxylation sites is 1. The number of hydrogen-bond donors (Lipinski definition) is 1. The number of aryl methyl sites for hydroxylation is 1. The molecule has 0 spiro atoms. The molecule has 3 rings (SSSR count). The van der Waals surface area contributed by atoms with E-state index < -0.39 is 0 Å². The van der Waals surface area contributed by atoms with E-state index in [1.165, 1.54) is 11.8 Å². The number of hydrogen-bond acceptors (Lipinski definition) is 5. The molecule has 116 valence electrons. The number of anilines is 1. The van der Waals surface area contributed by atoms with Crippen LogP contribution in [-0.4, -0.2) is 26.6 Å². The van der Waals surface area contributed by atoms with Gasteiger partial charge in [-0.3, -0.25) is 4.79 Å². The van der Waals surface area contributed by atoms with Gasteiger partial charge in [0.2, 0.25) is 5.91 Å². The van der Waals surface area contributed by atoms with Gasteiger partial charge in [-0.15, -0.1) is 0 Å². The summed E-state index contributed by atoms with van der Waals surface area (Å²) in [6, 6.07) is 11.4. The maximum Gasteiger partial charge on any atom is 0.235 e. The molecule has 2 heterocycles. The Labute approximate surface area is 146 Å². The van der Waals surface area contributed by atoms with Crippen LogP contribution in [0.2, 0.25) is 0 Å². The molecule has 0 aliphatic heterocycles. The SMILES string of the molecule is Cc1nc(SCC(=O)Nc2ccc(Br)cn2)c2ccccc2n1. The Morgan fingerprint density at radius 2 is 2.04 bits per heavy atom. The highest BCUT2D eigenvalue weighted by Crippen LogP contribution is 2.25. The van der Waals surface area contributed by atoms with Crippen molar-refractivity contribution in [2.24, 2.45) is 0 Å². The van der Waals surface area contributed by atoms with E-state index in [0.717, 1.165) is 20.4 Å². The maximum absolute atomic E-state index is 12.1. The highest BCUT2D eigenvalue weighted by atomic mass is 79.9. The molecule has 0 saturated carbocycles. The highest BCUT2D eigenvalue weighted by molar-refractivity contribution is 9.10. The van der Waals surface area contributed by atoms with Gasteiger partial charge in [-0.05, 0) is 41.1 Å². The second kappa shape index (κ2) is 7.06. The number of benzene rings is 1. The molecular formula is C16H13BrN4OS. The minimum absolute atomic E-state index is 0.120. The Morgan fingerprint density at radius 1 is 1.22 bits per heavy atom. The van der Waals surface area contributed by atoms with Gasteiger partial charge in [0.15, 0.2) is 0 Å². The predicted octanol–water partition coefficient (Wildman–Crippen LogP) is 3.83. The normalized spacial score (nSPS) is 10.7. The lowest BCUT2D eigenvalue weighted by Crippen LogP contribution is -2.15. The number of carbonyl (C=O) groups is 1. The summed E-state index contributed by atoms with van der Waals surface area (Å²) in [4.78, 5) is 25.0. The first kappa shape index (κ1) is 15.9. The van der Waals surface area contributed by atoms with Gasteiger partial charge < -0.3 is 5.32 Å². The van der Waals surface area contributed by atoms with E-state index in [2.05, 4.69) is 36.2 Å². The first-order valence-electron chi connectivity index (χ1n) is 6.89. The van der Waals surface area contributed by atoms with Gasteiger partial charge in [0.05, 0.1) is 11.3 Å². The third-order valence-electron chi connectivity index (χ3n) is 3.01. The molecule has 0 radical (unpaired) electrons. The van der Waals surface area contributed by atoms with Gasteiger partial charge in [0.25, 0.3) is 0 Å². The summed E-state index contributed by atoms with van der Waals surface area (Å²) in [6.45, 7) is 1.85. The number of rotatable bonds is 4. The second-order valence-electron chi connectivity index (χ2n) is 4.79. The molecule has 0 bridgehead atoms. The quantitative estimate of drug-likeness (QED) is 0.543. The number of fused-ring (bicyclic) bond motifs is 1. The van der Waals surface area contributed by atoms with Crippen molar-refractivity contribution >= 4 is 50.3 Å². The summed E-state index contributed by atoms with van der Waals surface area (Å²) >= 11 is 4.70. The van der Waals surface area contributed by atoms with Crippen LogP contribution >= 0.6 is 27.7 Å². The monoisotopic (exact) mass is 388 g/mol. The van der Waals surface area contributed by atoms with Crippen molar-refractivity contribution in [2.75, 3.05) is 11.1 Å². The fourth-order valence-corrected chi connectivity index (χ4v) is 3.13. The fourth-order valence-electron chi connectivity index (χ4n) is 2.03. The summed E-state index contributed by atoms with van der Waals surface area (Å²) in [7, 11) is 0. The molecule has 5 nitrogen and oxygen atoms in total. The molecule has 1 aromatic carbocycles. The van der Waals surface area contributed by atoms with E-state index in [4.69, 9.17) is 0 Å². The molecule has 1 amide bonds. The smallest absolute Gasteiger partial charge is 0.235 e. The molecule has 0 aliphatic carbocycles. The van der Waals surface area contributed by atoms with Gasteiger partial charge in [-0.25, -0.2) is 15.0 Å². The molecule has 1 N–H and O–H groups in total. The van der Waals surface area contributed by atoms with E-state index in [0.29, 0.717) is 11.6 Å². The molecule has 23 heavy (non-hydrogen) atoms. The molecule has 0 fully saturated rings. The molecule has 0 saturated heterocycles. The zero-order valence-electron chi connectivity index (χ0n) is 12.3. The molecule has 0 unspecified atom stereocenters. The summed E-state index contributed by atoms with van der Waals surface area (Å²) < 4.78 is 0.868. The van der Waals surface area contributed by atoms with Crippen LogP contribution in [0.5, 0.6) is 0 Å². The van der Waals surface area contributed by atoms with E-state index in [1.807, 2.05) is 37.3 Å². The van der Waals surface area contributed by atoms with Crippen molar-refractivity contribution in [3.8, 4) is 0 Å². The first-order chi connectivity index (χ1) is 11.1. The van der Waals surface area contributed by atoms with Gasteiger partial charge >= 0.3 is 0 Å². The van der Waals surface area contributed by atoms with Crippen LogP contribution in [0.25, 0.3) is 10.9 Å².